The van der Waals surface area contributed by atoms with E-state index in [-0.39, 0.29) is 5.91 Å². The first-order valence-electron chi connectivity index (χ1n) is 5.34. The quantitative estimate of drug-likeness (QED) is 0.639. The Kier molecular flexibility index (Phi) is 5.76. The van der Waals surface area contributed by atoms with E-state index in [4.69, 9.17) is 0 Å². The third-order valence-corrected chi connectivity index (χ3v) is 3.49. The normalized spacial score (nSPS) is 10.2. The molecule has 0 aromatic heterocycles. The molecular formula is C12H17IN2O. The summed E-state index contributed by atoms with van der Waals surface area (Å²) in [4.78, 5) is 11.7. The number of hydrogen-bond acceptors (Lipinski definition) is 2. The first kappa shape index (κ1) is 13.4. The molecule has 88 valence electrons. The molecule has 2 N–H and O–H groups in total. The zero-order chi connectivity index (χ0) is 12.0. The lowest BCUT2D eigenvalue weighted by molar-refractivity contribution is 0.0953. The van der Waals surface area contributed by atoms with Gasteiger partial charge in [0.1, 0.15) is 0 Å². The van der Waals surface area contributed by atoms with Gasteiger partial charge in [0.15, 0.2) is 0 Å². The van der Waals surface area contributed by atoms with E-state index in [0.29, 0.717) is 6.54 Å². The van der Waals surface area contributed by atoms with Gasteiger partial charge in [0.2, 0.25) is 0 Å². The number of amides is 1. The number of carbonyl (C=O) groups is 1. The van der Waals surface area contributed by atoms with Crippen LogP contribution in [0.25, 0.3) is 0 Å². The van der Waals surface area contributed by atoms with Crippen LogP contribution in [0.1, 0.15) is 22.3 Å². The van der Waals surface area contributed by atoms with E-state index in [0.717, 1.165) is 22.1 Å². The number of hydrogen-bond donors (Lipinski definition) is 2. The molecule has 1 amide bonds. The van der Waals surface area contributed by atoms with E-state index in [9.17, 15) is 4.79 Å². The largest absolute Gasteiger partial charge is 0.352 e. The second kappa shape index (κ2) is 6.85. The van der Waals surface area contributed by atoms with Gasteiger partial charge in [0, 0.05) is 15.7 Å². The van der Waals surface area contributed by atoms with Crippen LogP contribution in [0.3, 0.4) is 0 Å². The molecule has 0 saturated carbocycles. The number of aryl methyl sites for hydroxylation is 1. The van der Waals surface area contributed by atoms with Gasteiger partial charge < -0.3 is 10.6 Å². The van der Waals surface area contributed by atoms with E-state index in [2.05, 4.69) is 33.2 Å². The smallest absolute Gasteiger partial charge is 0.251 e. The number of halogens is 1. The molecule has 1 aromatic rings. The maximum atomic E-state index is 11.7. The van der Waals surface area contributed by atoms with Gasteiger partial charge >= 0.3 is 0 Å². The summed E-state index contributed by atoms with van der Waals surface area (Å²) in [6.45, 7) is 3.67. The lowest BCUT2D eigenvalue weighted by Gasteiger charge is -2.06. The van der Waals surface area contributed by atoms with Crippen LogP contribution in [0.15, 0.2) is 18.2 Å². The van der Waals surface area contributed by atoms with Gasteiger partial charge in [0.25, 0.3) is 5.91 Å². The Hall–Kier alpha value is -0.620. The standard InChI is InChI=1S/C12H17IN2O/c1-9-4-5-10(8-11(9)13)12(16)15-7-3-6-14-2/h4-5,8,14H,3,6-7H2,1-2H3,(H,15,16). The van der Waals surface area contributed by atoms with Crippen LogP contribution in [0.4, 0.5) is 0 Å². The molecule has 0 heterocycles. The van der Waals surface area contributed by atoms with Crippen molar-refractivity contribution >= 4 is 28.5 Å². The Morgan fingerprint density at radius 1 is 1.38 bits per heavy atom. The molecule has 4 heteroatoms. The summed E-state index contributed by atoms with van der Waals surface area (Å²) < 4.78 is 1.13. The molecule has 3 nitrogen and oxygen atoms in total. The Morgan fingerprint density at radius 3 is 2.75 bits per heavy atom. The van der Waals surface area contributed by atoms with E-state index in [1.807, 2.05) is 32.2 Å². The van der Waals surface area contributed by atoms with E-state index < -0.39 is 0 Å². The highest BCUT2D eigenvalue weighted by Gasteiger charge is 2.05. The molecule has 0 atom stereocenters. The molecule has 0 unspecified atom stereocenters. The SMILES string of the molecule is CNCCCNC(=O)c1ccc(C)c(I)c1. The molecule has 0 bridgehead atoms. The van der Waals surface area contributed by atoms with Crippen molar-refractivity contribution in [3.05, 3.63) is 32.9 Å². The first-order chi connectivity index (χ1) is 7.65. The highest BCUT2D eigenvalue weighted by molar-refractivity contribution is 14.1. The molecule has 0 radical (unpaired) electrons. The van der Waals surface area contributed by atoms with E-state index in [1.165, 1.54) is 5.56 Å². The zero-order valence-corrected chi connectivity index (χ0v) is 11.8. The van der Waals surface area contributed by atoms with Crippen molar-refractivity contribution in [1.29, 1.82) is 0 Å². The summed E-state index contributed by atoms with van der Waals surface area (Å²) in [5, 5.41) is 5.94. The van der Waals surface area contributed by atoms with Crippen molar-refractivity contribution in [2.75, 3.05) is 20.1 Å². The monoisotopic (exact) mass is 332 g/mol. The molecule has 1 aromatic carbocycles. The van der Waals surface area contributed by atoms with Gasteiger partial charge in [-0.05, 0) is 67.2 Å². The highest BCUT2D eigenvalue weighted by Crippen LogP contribution is 2.13. The minimum absolute atomic E-state index is 0.00835. The predicted molar refractivity (Wildman–Crippen MR) is 74.8 cm³/mol. The fraction of sp³-hybridized carbons (Fsp3) is 0.417. The molecule has 1 rings (SSSR count). The van der Waals surface area contributed by atoms with Crippen LogP contribution >= 0.6 is 22.6 Å². The molecule has 16 heavy (non-hydrogen) atoms. The van der Waals surface area contributed by atoms with Crippen LogP contribution in [-0.2, 0) is 0 Å². The maximum Gasteiger partial charge on any atom is 0.251 e. The fourth-order valence-electron chi connectivity index (χ4n) is 1.30. The van der Waals surface area contributed by atoms with Crippen LogP contribution < -0.4 is 10.6 Å². The highest BCUT2D eigenvalue weighted by atomic mass is 127. The average Bonchev–Trinajstić information content (AvgIpc) is 2.28. The Bertz CT molecular complexity index is 366. The lowest BCUT2D eigenvalue weighted by Crippen LogP contribution is -2.26. The molecule has 0 saturated heterocycles. The number of rotatable bonds is 5. The maximum absolute atomic E-state index is 11.7. The second-order valence-corrected chi connectivity index (χ2v) is 4.84. The Labute approximate surface area is 110 Å². The molecular weight excluding hydrogens is 315 g/mol. The zero-order valence-electron chi connectivity index (χ0n) is 9.64. The van der Waals surface area contributed by atoms with Crippen molar-refractivity contribution in [2.24, 2.45) is 0 Å². The molecule has 0 spiro atoms. The van der Waals surface area contributed by atoms with Crippen molar-refractivity contribution in [3.8, 4) is 0 Å². The van der Waals surface area contributed by atoms with Crippen LogP contribution in [0.2, 0.25) is 0 Å². The van der Waals surface area contributed by atoms with Gasteiger partial charge in [-0.1, -0.05) is 6.07 Å². The molecule has 0 fully saturated rings. The summed E-state index contributed by atoms with van der Waals surface area (Å²) in [5.74, 6) is 0.00835. The van der Waals surface area contributed by atoms with Gasteiger partial charge in [-0.15, -0.1) is 0 Å². The molecule has 0 aliphatic heterocycles. The minimum atomic E-state index is 0.00835. The summed E-state index contributed by atoms with van der Waals surface area (Å²) >= 11 is 2.24. The molecule has 0 aliphatic rings. The number of benzene rings is 1. The number of carbonyl (C=O) groups excluding carboxylic acids is 1. The van der Waals surface area contributed by atoms with Crippen molar-refractivity contribution in [3.63, 3.8) is 0 Å². The average molecular weight is 332 g/mol. The third-order valence-electron chi connectivity index (χ3n) is 2.32. The summed E-state index contributed by atoms with van der Waals surface area (Å²) in [5.41, 5.74) is 1.94. The van der Waals surface area contributed by atoms with Crippen LogP contribution in [0.5, 0.6) is 0 Å². The minimum Gasteiger partial charge on any atom is -0.352 e. The van der Waals surface area contributed by atoms with Gasteiger partial charge in [0.05, 0.1) is 0 Å². The summed E-state index contributed by atoms with van der Waals surface area (Å²) in [6.07, 6.45) is 0.950. The first-order valence-corrected chi connectivity index (χ1v) is 6.42. The predicted octanol–water partition coefficient (Wildman–Crippen LogP) is 1.94. The van der Waals surface area contributed by atoms with E-state index in [1.54, 1.807) is 0 Å². The van der Waals surface area contributed by atoms with Crippen LogP contribution in [0, 0.1) is 10.5 Å². The Morgan fingerprint density at radius 2 is 2.12 bits per heavy atom. The second-order valence-electron chi connectivity index (χ2n) is 3.68. The van der Waals surface area contributed by atoms with Crippen LogP contribution in [-0.4, -0.2) is 26.0 Å². The van der Waals surface area contributed by atoms with Crippen molar-refractivity contribution < 1.29 is 4.79 Å². The topological polar surface area (TPSA) is 41.1 Å². The fourth-order valence-corrected chi connectivity index (χ4v) is 1.82. The van der Waals surface area contributed by atoms with Gasteiger partial charge in [-0.25, -0.2) is 0 Å². The van der Waals surface area contributed by atoms with Gasteiger partial charge in [-0.3, -0.25) is 4.79 Å². The Balaban J connectivity index is 2.50. The van der Waals surface area contributed by atoms with Gasteiger partial charge in [-0.2, -0.15) is 0 Å². The third kappa shape index (κ3) is 4.09. The lowest BCUT2D eigenvalue weighted by atomic mass is 10.1. The number of nitrogens with one attached hydrogen (secondary N) is 2. The molecule has 0 aliphatic carbocycles. The van der Waals surface area contributed by atoms with Crippen molar-refractivity contribution in [2.45, 2.75) is 13.3 Å². The van der Waals surface area contributed by atoms with Crippen molar-refractivity contribution in [1.82, 2.24) is 10.6 Å². The summed E-state index contributed by atoms with van der Waals surface area (Å²) in [6, 6.07) is 5.76. The van der Waals surface area contributed by atoms with E-state index >= 15 is 0 Å². The summed E-state index contributed by atoms with van der Waals surface area (Å²) in [7, 11) is 1.91.